The van der Waals surface area contributed by atoms with Crippen molar-refractivity contribution in [1.82, 2.24) is 19.5 Å². The lowest BCUT2D eigenvalue weighted by Gasteiger charge is -2.16. The molecule has 0 aliphatic carbocycles. The molecule has 0 fully saturated rings. The first-order chi connectivity index (χ1) is 15.9. The van der Waals surface area contributed by atoms with Gasteiger partial charge in [0.2, 0.25) is 0 Å². The van der Waals surface area contributed by atoms with Crippen molar-refractivity contribution in [2.45, 2.75) is 46.3 Å². The number of halogens is 2. The minimum Gasteiger partial charge on any atom is -0.361 e. The van der Waals surface area contributed by atoms with Crippen molar-refractivity contribution in [3.05, 3.63) is 77.7 Å². The highest BCUT2D eigenvalue weighted by atomic mass is 79.9. The highest BCUT2D eigenvalue weighted by Crippen LogP contribution is 2.16. The number of hydrogen-bond donors (Lipinski definition) is 1. The van der Waals surface area contributed by atoms with Gasteiger partial charge in [0.15, 0.2) is 0 Å². The highest BCUT2D eigenvalue weighted by Gasteiger charge is 2.13. The fraction of sp³-hybridized carbons (Fsp3) is 0.333. The number of nitrogens with one attached hydrogen (secondary N) is 1. The Morgan fingerprint density at radius 3 is 2.15 bits per heavy atom. The molecule has 0 spiro atoms. The van der Waals surface area contributed by atoms with Crippen molar-refractivity contribution in [2.75, 3.05) is 6.61 Å². The Kier molecular flexibility index (Phi) is 8.61. The molecule has 4 aromatic rings. The van der Waals surface area contributed by atoms with Gasteiger partial charge >= 0.3 is 0 Å². The molecule has 0 radical (unpaired) electrons. The van der Waals surface area contributed by atoms with Crippen molar-refractivity contribution in [3.8, 4) is 0 Å². The van der Waals surface area contributed by atoms with E-state index >= 15 is 0 Å². The minimum atomic E-state index is -1.11. The van der Waals surface area contributed by atoms with E-state index in [9.17, 15) is 9.59 Å². The molecule has 0 aliphatic rings. The Bertz CT molecular complexity index is 1440. The van der Waals surface area contributed by atoms with E-state index in [0.717, 1.165) is 26.0 Å². The molecule has 0 saturated carbocycles. The smallest absolute Gasteiger partial charge is 0.263 e. The quantitative estimate of drug-likeness (QED) is 0.230. The first kappa shape index (κ1) is 26.5. The van der Waals surface area contributed by atoms with Crippen LogP contribution in [-0.2, 0) is 11.5 Å². The van der Waals surface area contributed by atoms with Crippen LogP contribution in [0.5, 0.6) is 0 Å². The number of rotatable bonds is 5. The van der Waals surface area contributed by atoms with Crippen LogP contribution < -0.4 is 11.1 Å². The molecule has 0 saturated heterocycles. The monoisotopic (exact) mass is 606 g/mol. The number of aromatic nitrogens is 4. The summed E-state index contributed by atoms with van der Waals surface area (Å²) in [5.74, 6) is 1.32. The summed E-state index contributed by atoms with van der Waals surface area (Å²) in [6, 6.07) is 12.1. The summed E-state index contributed by atoms with van der Waals surface area (Å²) < 4.78 is 9.04. The molecular formula is C24H28Br2N4O3Si. The summed E-state index contributed by atoms with van der Waals surface area (Å²) in [6.45, 7) is 11.5. The number of ether oxygens (including phenoxy) is 1. The first-order valence-electron chi connectivity index (χ1n) is 10.9. The van der Waals surface area contributed by atoms with Gasteiger partial charge in [-0.05, 0) is 56.3 Å². The summed E-state index contributed by atoms with van der Waals surface area (Å²) in [5, 5.41) is 1.23. The Balaban J connectivity index is 0.000000212. The molecule has 0 amide bonds. The topological polar surface area (TPSA) is 89.9 Å². The van der Waals surface area contributed by atoms with E-state index in [-0.39, 0.29) is 17.8 Å². The van der Waals surface area contributed by atoms with Crippen LogP contribution in [0.15, 0.2) is 54.9 Å². The number of fused-ring (bicyclic) bond motifs is 2. The highest BCUT2D eigenvalue weighted by molar-refractivity contribution is 9.10. The van der Waals surface area contributed by atoms with Gasteiger partial charge in [0, 0.05) is 23.6 Å². The first-order valence-corrected chi connectivity index (χ1v) is 16.1. The fourth-order valence-electron chi connectivity index (χ4n) is 3.22. The van der Waals surface area contributed by atoms with E-state index in [1.807, 2.05) is 37.3 Å². The van der Waals surface area contributed by atoms with Gasteiger partial charge in [-0.25, -0.2) is 9.97 Å². The number of nitrogens with zero attached hydrogens (tertiary/aromatic N) is 3. The average molecular weight is 608 g/mol. The third-order valence-corrected chi connectivity index (χ3v) is 7.80. The summed E-state index contributed by atoms with van der Waals surface area (Å²) >= 11 is 6.70. The molecule has 180 valence electrons. The number of hydrogen-bond acceptors (Lipinski definition) is 5. The number of aromatic amines is 1. The number of benzene rings is 2. The molecule has 7 nitrogen and oxygen atoms in total. The molecule has 34 heavy (non-hydrogen) atoms. The largest absolute Gasteiger partial charge is 0.361 e. The Morgan fingerprint density at radius 2 is 1.53 bits per heavy atom. The van der Waals surface area contributed by atoms with Crippen LogP contribution in [-0.4, -0.2) is 34.2 Å². The lowest BCUT2D eigenvalue weighted by Crippen LogP contribution is -2.27. The summed E-state index contributed by atoms with van der Waals surface area (Å²) in [7, 11) is -1.11. The van der Waals surface area contributed by atoms with Crippen molar-refractivity contribution >= 4 is 61.7 Å². The van der Waals surface area contributed by atoms with Crippen LogP contribution in [0.4, 0.5) is 0 Å². The van der Waals surface area contributed by atoms with Gasteiger partial charge in [-0.2, -0.15) is 0 Å². The van der Waals surface area contributed by atoms with Crippen molar-refractivity contribution in [1.29, 1.82) is 0 Å². The Hall–Kier alpha value is -2.14. The van der Waals surface area contributed by atoms with E-state index in [1.165, 1.54) is 0 Å². The Morgan fingerprint density at radius 1 is 0.941 bits per heavy atom. The van der Waals surface area contributed by atoms with E-state index in [0.29, 0.717) is 29.0 Å². The predicted octanol–water partition coefficient (Wildman–Crippen LogP) is 5.77. The minimum absolute atomic E-state index is 0.0493. The standard InChI is InChI=1S/C15H21BrN2O2Si.C9H7BrN2O/c1-11-17-14-6-5-12(16)9-13(14)15(19)18(11)10-20-7-8-21(2,3)4;1-5-11-8-3-2-6(10)4-7(8)9(13)12-5/h5-6,9H,7-8,10H2,1-4H3;2-4H,1H3,(H,11,12,13). The predicted molar refractivity (Wildman–Crippen MR) is 147 cm³/mol. The second-order valence-corrected chi connectivity index (χ2v) is 16.7. The lowest BCUT2D eigenvalue weighted by molar-refractivity contribution is 0.0829. The van der Waals surface area contributed by atoms with Crippen LogP contribution in [0.2, 0.25) is 25.7 Å². The summed E-state index contributed by atoms with van der Waals surface area (Å²) in [5.41, 5.74) is 1.30. The SMILES string of the molecule is Cc1nc2ccc(Br)cc2c(=O)[nH]1.Cc1nc2ccc(Br)cc2c(=O)n1COCC[Si](C)(C)C. The number of H-pyrrole nitrogens is 1. The molecule has 0 bridgehead atoms. The fourth-order valence-corrected chi connectivity index (χ4v) is 4.70. The molecular weight excluding hydrogens is 580 g/mol. The molecule has 2 heterocycles. The van der Waals surface area contributed by atoms with Gasteiger partial charge in [0.1, 0.15) is 18.4 Å². The molecule has 10 heteroatoms. The zero-order valence-electron chi connectivity index (χ0n) is 19.9. The maximum absolute atomic E-state index is 12.5. The van der Waals surface area contributed by atoms with Crippen LogP contribution in [0.3, 0.4) is 0 Å². The third kappa shape index (κ3) is 6.94. The van der Waals surface area contributed by atoms with Gasteiger partial charge in [-0.3, -0.25) is 14.2 Å². The molecule has 0 unspecified atom stereocenters. The van der Waals surface area contributed by atoms with Crippen LogP contribution in [0.25, 0.3) is 21.8 Å². The average Bonchev–Trinajstić information content (AvgIpc) is 2.74. The van der Waals surface area contributed by atoms with E-state index in [1.54, 1.807) is 17.6 Å². The van der Waals surface area contributed by atoms with Gasteiger partial charge in [-0.15, -0.1) is 0 Å². The molecule has 1 N–H and O–H groups in total. The molecule has 2 aromatic heterocycles. The van der Waals surface area contributed by atoms with Crippen molar-refractivity contribution in [2.24, 2.45) is 0 Å². The van der Waals surface area contributed by atoms with Gasteiger partial charge in [0.25, 0.3) is 11.1 Å². The van der Waals surface area contributed by atoms with E-state index < -0.39 is 8.07 Å². The lowest BCUT2D eigenvalue weighted by atomic mass is 10.2. The normalized spacial score (nSPS) is 11.5. The molecule has 2 aromatic carbocycles. The molecule has 4 rings (SSSR count). The van der Waals surface area contributed by atoms with E-state index in [4.69, 9.17) is 4.74 Å². The van der Waals surface area contributed by atoms with Gasteiger partial charge < -0.3 is 9.72 Å². The second-order valence-electron chi connectivity index (χ2n) is 9.21. The Labute approximate surface area is 215 Å². The van der Waals surface area contributed by atoms with Crippen molar-refractivity contribution in [3.63, 3.8) is 0 Å². The van der Waals surface area contributed by atoms with Gasteiger partial charge in [-0.1, -0.05) is 51.5 Å². The van der Waals surface area contributed by atoms with E-state index in [2.05, 4.69) is 66.5 Å². The second kappa shape index (κ2) is 11.1. The molecule has 0 atom stereocenters. The van der Waals surface area contributed by atoms with Crippen LogP contribution >= 0.6 is 31.9 Å². The maximum Gasteiger partial charge on any atom is 0.263 e. The maximum atomic E-state index is 12.5. The van der Waals surface area contributed by atoms with Crippen molar-refractivity contribution < 1.29 is 4.74 Å². The zero-order valence-corrected chi connectivity index (χ0v) is 24.1. The summed E-state index contributed by atoms with van der Waals surface area (Å²) in [6.07, 6.45) is 0. The van der Waals surface area contributed by atoms with Crippen LogP contribution in [0.1, 0.15) is 11.6 Å². The third-order valence-electron chi connectivity index (χ3n) is 5.11. The molecule has 0 aliphatic heterocycles. The number of aryl methyl sites for hydroxylation is 2. The van der Waals surface area contributed by atoms with Crippen LogP contribution in [0, 0.1) is 13.8 Å². The van der Waals surface area contributed by atoms with Gasteiger partial charge in [0.05, 0.1) is 21.8 Å². The summed E-state index contributed by atoms with van der Waals surface area (Å²) in [4.78, 5) is 35.3. The zero-order chi connectivity index (χ0) is 25.0.